The number of nitrogens with zero attached hydrogens (tertiary/aromatic N) is 2. The number of nitrogens with one attached hydrogen (secondary N) is 1. The van der Waals surface area contributed by atoms with E-state index in [4.69, 9.17) is 25.8 Å². The summed E-state index contributed by atoms with van der Waals surface area (Å²) >= 11 is 6.01. The Labute approximate surface area is 192 Å². The van der Waals surface area contributed by atoms with Gasteiger partial charge in [-0.05, 0) is 55.3 Å². The zero-order valence-electron chi connectivity index (χ0n) is 18.1. The van der Waals surface area contributed by atoms with Gasteiger partial charge in [-0.25, -0.2) is 4.98 Å². The van der Waals surface area contributed by atoms with Crippen molar-refractivity contribution in [1.29, 1.82) is 0 Å². The van der Waals surface area contributed by atoms with Crippen LogP contribution in [0.1, 0.15) is 25.8 Å². The molecule has 1 amide bonds. The molecular weight excluding hydrogens is 430 g/mol. The Morgan fingerprint density at radius 1 is 1.22 bits per heavy atom. The predicted molar refractivity (Wildman–Crippen MR) is 122 cm³/mol. The predicted octanol–water partition coefficient (Wildman–Crippen LogP) is 4.62. The molecule has 0 radical (unpaired) electrons. The number of hydrogen-bond donors (Lipinski definition) is 1. The summed E-state index contributed by atoms with van der Waals surface area (Å²) in [6, 6.07) is 15.0. The van der Waals surface area contributed by atoms with Gasteiger partial charge >= 0.3 is 0 Å². The van der Waals surface area contributed by atoms with Crippen molar-refractivity contribution in [1.82, 2.24) is 9.55 Å². The average molecular weight is 456 g/mol. The molecule has 4 rings (SSSR count). The second-order valence-electron chi connectivity index (χ2n) is 8.14. The van der Waals surface area contributed by atoms with E-state index in [0.717, 1.165) is 17.7 Å². The summed E-state index contributed by atoms with van der Waals surface area (Å²) < 4.78 is 20.6. The minimum absolute atomic E-state index is 0.114. The van der Waals surface area contributed by atoms with Crippen molar-refractivity contribution in [2.24, 2.45) is 0 Å². The number of amides is 1. The quantitative estimate of drug-likeness (QED) is 0.536. The highest BCUT2D eigenvalue weighted by molar-refractivity contribution is 6.30. The van der Waals surface area contributed by atoms with Crippen molar-refractivity contribution in [3.63, 3.8) is 0 Å². The summed E-state index contributed by atoms with van der Waals surface area (Å²) in [5, 5.41) is 3.45. The van der Waals surface area contributed by atoms with Crippen molar-refractivity contribution in [2.75, 3.05) is 18.5 Å². The van der Waals surface area contributed by atoms with Gasteiger partial charge in [-0.3, -0.25) is 9.36 Å². The molecule has 1 N–H and O–H groups in total. The van der Waals surface area contributed by atoms with E-state index in [1.165, 1.54) is 6.92 Å². The Balaban J connectivity index is 1.43. The first kappa shape index (κ1) is 22.3. The van der Waals surface area contributed by atoms with Crippen LogP contribution in [0.3, 0.4) is 0 Å². The number of carbonyl (C=O) groups is 1. The molecule has 2 aromatic carbocycles. The van der Waals surface area contributed by atoms with Gasteiger partial charge in [0.05, 0.1) is 12.9 Å². The van der Waals surface area contributed by atoms with Gasteiger partial charge in [0.25, 0.3) is 5.91 Å². The number of anilines is 1. The van der Waals surface area contributed by atoms with E-state index in [-0.39, 0.29) is 5.91 Å². The van der Waals surface area contributed by atoms with Gasteiger partial charge < -0.3 is 19.5 Å². The fourth-order valence-corrected chi connectivity index (χ4v) is 3.77. The zero-order chi connectivity index (χ0) is 22.6. The highest BCUT2D eigenvalue weighted by atomic mass is 35.5. The first-order valence-corrected chi connectivity index (χ1v) is 10.8. The van der Waals surface area contributed by atoms with Gasteiger partial charge in [-0.1, -0.05) is 23.7 Å². The molecule has 1 aromatic heterocycles. The SMILES string of the molecule is CC(=O)Nc1ccc(OCC2(C)COC(CCc3ccc(Cl)cc3)(n3ccnc3)O2)cc1. The maximum Gasteiger partial charge on any atom is 0.257 e. The lowest BCUT2D eigenvalue weighted by atomic mass is 10.1. The largest absolute Gasteiger partial charge is 0.490 e. The van der Waals surface area contributed by atoms with Crippen LogP contribution in [0.15, 0.2) is 67.3 Å². The van der Waals surface area contributed by atoms with Crippen molar-refractivity contribution in [3.05, 3.63) is 77.8 Å². The minimum atomic E-state index is -0.969. The smallest absolute Gasteiger partial charge is 0.257 e. The van der Waals surface area contributed by atoms with E-state index in [2.05, 4.69) is 10.3 Å². The highest BCUT2D eigenvalue weighted by Crippen LogP contribution is 2.39. The first-order chi connectivity index (χ1) is 15.4. The number of halogens is 1. The monoisotopic (exact) mass is 455 g/mol. The van der Waals surface area contributed by atoms with Gasteiger partial charge in [0, 0.05) is 36.4 Å². The molecule has 8 heteroatoms. The molecule has 32 heavy (non-hydrogen) atoms. The lowest BCUT2D eigenvalue weighted by Crippen LogP contribution is -2.41. The number of rotatable bonds is 8. The molecule has 2 atom stereocenters. The molecule has 2 unspecified atom stereocenters. The van der Waals surface area contributed by atoms with E-state index in [1.807, 2.05) is 54.1 Å². The summed E-state index contributed by atoms with van der Waals surface area (Å²) in [5.41, 5.74) is 1.21. The van der Waals surface area contributed by atoms with Crippen LogP contribution < -0.4 is 10.1 Å². The maximum absolute atomic E-state index is 11.2. The molecule has 0 saturated carbocycles. The fraction of sp³-hybridized carbons (Fsp3) is 0.333. The Morgan fingerprint density at radius 3 is 2.62 bits per heavy atom. The van der Waals surface area contributed by atoms with Gasteiger partial charge in [-0.15, -0.1) is 0 Å². The molecule has 1 saturated heterocycles. The van der Waals surface area contributed by atoms with Crippen LogP contribution in [-0.2, 0) is 26.6 Å². The molecule has 0 aliphatic carbocycles. The van der Waals surface area contributed by atoms with Gasteiger partial charge in [0.2, 0.25) is 5.91 Å². The average Bonchev–Trinajstić information content (AvgIpc) is 3.42. The lowest BCUT2D eigenvalue weighted by molar-refractivity contribution is -0.252. The third-order valence-corrected chi connectivity index (χ3v) is 5.52. The molecule has 168 valence electrons. The molecule has 1 aliphatic heterocycles. The second kappa shape index (κ2) is 9.32. The van der Waals surface area contributed by atoms with Gasteiger partial charge in [-0.2, -0.15) is 0 Å². The van der Waals surface area contributed by atoms with E-state index < -0.39 is 11.5 Å². The third kappa shape index (κ3) is 5.30. The summed E-state index contributed by atoms with van der Waals surface area (Å²) in [6.45, 7) is 4.13. The summed E-state index contributed by atoms with van der Waals surface area (Å²) in [6.07, 6.45) is 6.60. The van der Waals surface area contributed by atoms with Crippen molar-refractivity contribution >= 4 is 23.2 Å². The molecule has 7 nitrogen and oxygen atoms in total. The van der Waals surface area contributed by atoms with Crippen LogP contribution in [0.4, 0.5) is 5.69 Å². The highest BCUT2D eigenvalue weighted by Gasteiger charge is 2.49. The van der Waals surface area contributed by atoms with Crippen LogP contribution in [0, 0.1) is 0 Å². The van der Waals surface area contributed by atoms with E-state index in [9.17, 15) is 4.79 Å². The Bertz CT molecular complexity index is 1040. The fourth-order valence-electron chi connectivity index (χ4n) is 3.65. The summed E-state index contributed by atoms with van der Waals surface area (Å²) in [4.78, 5) is 15.3. The lowest BCUT2D eigenvalue weighted by Gasteiger charge is -2.31. The number of aryl methyl sites for hydroxylation is 1. The van der Waals surface area contributed by atoms with Crippen molar-refractivity contribution in [2.45, 2.75) is 38.2 Å². The summed E-state index contributed by atoms with van der Waals surface area (Å²) in [5.74, 6) is -0.397. The number of imidazole rings is 1. The number of carbonyl (C=O) groups excluding carboxylic acids is 1. The molecule has 3 aromatic rings. The van der Waals surface area contributed by atoms with Crippen LogP contribution in [0.5, 0.6) is 5.75 Å². The summed E-state index contributed by atoms with van der Waals surface area (Å²) in [7, 11) is 0. The standard InChI is InChI=1S/C24H26ClN3O4/c1-18(29)27-21-7-9-22(10-8-21)30-15-23(2)16-31-24(32-23,28-14-13-26-17-28)12-11-19-3-5-20(25)6-4-19/h3-10,13-14,17H,11-12,15-16H2,1-2H3,(H,27,29). The van der Waals surface area contributed by atoms with Crippen LogP contribution in [0.25, 0.3) is 0 Å². The normalized spacial score (nSPS) is 22.6. The maximum atomic E-state index is 11.2. The van der Waals surface area contributed by atoms with Crippen LogP contribution in [0.2, 0.25) is 5.02 Å². The van der Waals surface area contributed by atoms with Crippen LogP contribution >= 0.6 is 11.6 Å². The van der Waals surface area contributed by atoms with Crippen molar-refractivity contribution < 1.29 is 19.0 Å². The molecular formula is C24H26ClN3O4. The number of hydrogen-bond acceptors (Lipinski definition) is 5. The minimum Gasteiger partial charge on any atom is -0.490 e. The van der Waals surface area contributed by atoms with E-state index in [0.29, 0.717) is 30.4 Å². The second-order valence-corrected chi connectivity index (χ2v) is 8.58. The number of ether oxygens (including phenoxy) is 3. The molecule has 0 bridgehead atoms. The molecule has 1 fully saturated rings. The molecule has 0 spiro atoms. The Morgan fingerprint density at radius 2 is 1.97 bits per heavy atom. The molecule has 2 heterocycles. The van der Waals surface area contributed by atoms with Crippen LogP contribution in [-0.4, -0.2) is 34.3 Å². The van der Waals surface area contributed by atoms with Gasteiger partial charge in [0.1, 0.15) is 18.0 Å². The Hall–Kier alpha value is -2.87. The first-order valence-electron chi connectivity index (χ1n) is 10.4. The topological polar surface area (TPSA) is 74.6 Å². The molecule has 1 aliphatic rings. The van der Waals surface area contributed by atoms with E-state index in [1.54, 1.807) is 24.7 Å². The zero-order valence-corrected chi connectivity index (χ0v) is 18.8. The Kier molecular flexibility index (Phi) is 6.50. The third-order valence-electron chi connectivity index (χ3n) is 5.27. The number of aromatic nitrogens is 2. The van der Waals surface area contributed by atoms with Gasteiger partial charge in [0.15, 0.2) is 0 Å². The van der Waals surface area contributed by atoms with Crippen molar-refractivity contribution in [3.8, 4) is 5.75 Å². The number of benzene rings is 2. The van der Waals surface area contributed by atoms with E-state index >= 15 is 0 Å².